The first-order valence-electron chi connectivity index (χ1n) is 9.74. The number of piperazine rings is 1. The molecule has 0 aliphatic carbocycles. The van der Waals surface area contributed by atoms with Crippen molar-refractivity contribution in [3.05, 3.63) is 59.7 Å². The Morgan fingerprint density at radius 3 is 2.20 bits per heavy atom. The van der Waals surface area contributed by atoms with Crippen molar-refractivity contribution in [2.24, 2.45) is 0 Å². The third-order valence-corrected chi connectivity index (χ3v) is 6.98. The molecule has 1 aliphatic heterocycles. The zero-order valence-corrected chi connectivity index (χ0v) is 17.8. The van der Waals surface area contributed by atoms with Crippen molar-refractivity contribution < 1.29 is 22.0 Å². The minimum atomic E-state index is -3.91. The predicted molar refractivity (Wildman–Crippen MR) is 111 cm³/mol. The molecular formula is C21H25F2N3O3S. The van der Waals surface area contributed by atoms with Gasteiger partial charge in [0.25, 0.3) is 0 Å². The number of nitrogens with one attached hydrogen (secondary N) is 1. The molecule has 2 aromatic carbocycles. The van der Waals surface area contributed by atoms with Gasteiger partial charge in [-0.2, -0.15) is 4.31 Å². The number of carbonyl (C=O) groups excluding carboxylic acids is 1. The molecule has 1 fully saturated rings. The highest BCUT2D eigenvalue weighted by Gasteiger charge is 2.29. The van der Waals surface area contributed by atoms with E-state index >= 15 is 0 Å². The van der Waals surface area contributed by atoms with Crippen LogP contribution in [0.5, 0.6) is 0 Å². The highest BCUT2D eigenvalue weighted by atomic mass is 32.2. The van der Waals surface area contributed by atoms with Crippen molar-refractivity contribution in [3.63, 3.8) is 0 Å². The number of hydrogen-bond acceptors (Lipinski definition) is 4. The largest absolute Gasteiger partial charge is 0.325 e. The predicted octanol–water partition coefficient (Wildman–Crippen LogP) is 3.03. The molecule has 30 heavy (non-hydrogen) atoms. The lowest BCUT2D eigenvalue weighted by Crippen LogP contribution is -2.50. The standard InChI is InChI=1S/C21H25F2N3O3S/c1-15(2)16-3-5-17(6-4-16)24-21(27)14-25-9-11-26(12-10-25)30(28,29)18-7-8-19(22)20(23)13-18/h3-8,13,15H,9-12,14H2,1-2H3,(H,24,27). The Bertz CT molecular complexity index is 1000. The van der Waals surface area contributed by atoms with Crippen LogP contribution in [0.1, 0.15) is 25.3 Å². The topological polar surface area (TPSA) is 69.7 Å². The van der Waals surface area contributed by atoms with Crippen LogP contribution in [0.2, 0.25) is 0 Å². The molecule has 0 radical (unpaired) electrons. The summed E-state index contributed by atoms with van der Waals surface area (Å²) in [5.74, 6) is -2.06. The zero-order valence-electron chi connectivity index (χ0n) is 16.9. The summed E-state index contributed by atoms with van der Waals surface area (Å²) in [6.45, 7) is 5.39. The fourth-order valence-electron chi connectivity index (χ4n) is 3.27. The Hall–Kier alpha value is -2.36. The van der Waals surface area contributed by atoms with Crippen LogP contribution < -0.4 is 5.32 Å². The summed E-state index contributed by atoms with van der Waals surface area (Å²) >= 11 is 0. The molecule has 1 saturated heterocycles. The second-order valence-electron chi connectivity index (χ2n) is 7.58. The lowest BCUT2D eigenvalue weighted by atomic mass is 10.0. The number of anilines is 1. The van der Waals surface area contributed by atoms with Crippen LogP contribution in [-0.4, -0.2) is 56.3 Å². The normalized spacial score (nSPS) is 16.0. The van der Waals surface area contributed by atoms with E-state index < -0.39 is 21.7 Å². The van der Waals surface area contributed by atoms with Gasteiger partial charge in [-0.1, -0.05) is 26.0 Å². The van der Waals surface area contributed by atoms with Crippen LogP contribution in [0, 0.1) is 11.6 Å². The maximum absolute atomic E-state index is 13.4. The second-order valence-corrected chi connectivity index (χ2v) is 9.52. The molecule has 0 bridgehead atoms. The summed E-state index contributed by atoms with van der Waals surface area (Å²) < 4.78 is 53.0. The van der Waals surface area contributed by atoms with Crippen molar-refractivity contribution in [1.29, 1.82) is 0 Å². The first-order chi connectivity index (χ1) is 14.2. The van der Waals surface area contributed by atoms with Gasteiger partial charge >= 0.3 is 0 Å². The van der Waals surface area contributed by atoms with Crippen LogP contribution in [0.15, 0.2) is 47.4 Å². The van der Waals surface area contributed by atoms with E-state index in [1.165, 1.54) is 9.87 Å². The monoisotopic (exact) mass is 437 g/mol. The van der Waals surface area contributed by atoms with Crippen molar-refractivity contribution in [2.75, 3.05) is 38.0 Å². The minimum Gasteiger partial charge on any atom is -0.325 e. The highest BCUT2D eigenvalue weighted by Crippen LogP contribution is 2.20. The van der Waals surface area contributed by atoms with Crippen LogP contribution in [0.4, 0.5) is 14.5 Å². The first kappa shape index (κ1) is 22.3. The number of benzene rings is 2. The third-order valence-electron chi connectivity index (χ3n) is 5.09. The third kappa shape index (κ3) is 5.21. The number of halogens is 2. The van der Waals surface area contributed by atoms with Crippen molar-refractivity contribution in [3.8, 4) is 0 Å². The maximum Gasteiger partial charge on any atom is 0.243 e. The molecule has 0 unspecified atom stereocenters. The summed E-state index contributed by atoms with van der Waals surface area (Å²) in [5, 5.41) is 2.84. The number of carbonyl (C=O) groups is 1. The van der Waals surface area contributed by atoms with Crippen LogP contribution >= 0.6 is 0 Å². The molecule has 162 valence electrons. The SMILES string of the molecule is CC(C)c1ccc(NC(=O)CN2CCN(S(=O)(=O)c3ccc(F)c(F)c3)CC2)cc1. The Balaban J connectivity index is 1.53. The van der Waals surface area contributed by atoms with Crippen molar-refractivity contribution in [1.82, 2.24) is 9.21 Å². The van der Waals surface area contributed by atoms with E-state index in [4.69, 9.17) is 0 Å². The average molecular weight is 438 g/mol. The quantitative estimate of drug-likeness (QED) is 0.754. The van der Waals surface area contributed by atoms with E-state index in [9.17, 15) is 22.0 Å². The molecular weight excluding hydrogens is 412 g/mol. The van der Waals surface area contributed by atoms with Gasteiger partial charge in [0.1, 0.15) is 0 Å². The Morgan fingerprint density at radius 2 is 1.63 bits per heavy atom. The van der Waals surface area contributed by atoms with Gasteiger partial charge in [0.05, 0.1) is 11.4 Å². The van der Waals surface area contributed by atoms with Gasteiger partial charge in [-0.3, -0.25) is 9.69 Å². The van der Waals surface area contributed by atoms with Crippen LogP contribution in [0.3, 0.4) is 0 Å². The Kier molecular flexibility index (Phi) is 6.84. The molecule has 9 heteroatoms. The molecule has 3 rings (SSSR count). The van der Waals surface area contributed by atoms with Gasteiger partial charge in [-0.25, -0.2) is 17.2 Å². The lowest BCUT2D eigenvalue weighted by molar-refractivity contribution is -0.117. The second kappa shape index (κ2) is 9.20. The molecule has 0 spiro atoms. The summed E-state index contributed by atoms with van der Waals surface area (Å²) in [7, 11) is -3.91. The Morgan fingerprint density at radius 1 is 1.00 bits per heavy atom. The summed E-state index contributed by atoms with van der Waals surface area (Å²) in [4.78, 5) is 13.9. The van der Waals surface area contributed by atoms with E-state index in [0.29, 0.717) is 30.8 Å². The maximum atomic E-state index is 13.4. The smallest absolute Gasteiger partial charge is 0.243 e. The minimum absolute atomic E-state index is 0.144. The summed E-state index contributed by atoms with van der Waals surface area (Å²) in [5.41, 5.74) is 1.90. The number of rotatable bonds is 6. The number of amides is 1. The van der Waals surface area contributed by atoms with E-state index in [2.05, 4.69) is 19.2 Å². The van der Waals surface area contributed by atoms with E-state index in [1.54, 1.807) is 0 Å². The molecule has 1 N–H and O–H groups in total. The Labute approximate surface area is 175 Å². The van der Waals surface area contributed by atoms with E-state index in [1.807, 2.05) is 29.2 Å². The molecule has 1 amide bonds. The van der Waals surface area contributed by atoms with Gasteiger partial charge in [-0.05, 0) is 41.8 Å². The van der Waals surface area contributed by atoms with Gasteiger partial charge in [0.15, 0.2) is 11.6 Å². The molecule has 1 aliphatic rings. The first-order valence-corrected chi connectivity index (χ1v) is 11.2. The highest BCUT2D eigenvalue weighted by molar-refractivity contribution is 7.89. The van der Waals surface area contributed by atoms with Gasteiger partial charge in [0.2, 0.25) is 15.9 Å². The summed E-state index contributed by atoms with van der Waals surface area (Å²) in [6.07, 6.45) is 0. The zero-order chi connectivity index (χ0) is 21.9. The van der Waals surface area contributed by atoms with Gasteiger partial charge in [-0.15, -0.1) is 0 Å². The molecule has 0 atom stereocenters. The number of hydrogen-bond donors (Lipinski definition) is 1. The molecule has 2 aromatic rings. The lowest BCUT2D eigenvalue weighted by Gasteiger charge is -2.33. The number of sulfonamides is 1. The fourth-order valence-corrected chi connectivity index (χ4v) is 4.70. The van der Waals surface area contributed by atoms with E-state index in [0.717, 1.165) is 12.1 Å². The van der Waals surface area contributed by atoms with Crippen molar-refractivity contribution in [2.45, 2.75) is 24.7 Å². The number of nitrogens with zero attached hydrogens (tertiary/aromatic N) is 2. The van der Waals surface area contributed by atoms with Crippen LogP contribution in [-0.2, 0) is 14.8 Å². The van der Waals surface area contributed by atoms with Crippen LogP contribution in [0.25, 0.3) is 0 Å². The van der Waals surface area contributed by atoms with E-state index in [-0.39, 0.29) is 30.4 Å². The van der Waals surface area contributed by atoms with Crippen molar-refractivity contribution >= 4 is 21.6 Å². The molecule has 0 saturated carbocycles. The average Bonchev–Trinajstić information content (AvgIpc) is 2.70. The fraction of sp³-hybridized carbons (Fsp3) is 0.381. The van der Waals surface area contributed by atoms with Gasteiger partial charge < -0.3 is 5.32 Å². The molecule has 1 heterocycles. The summed E-state index contributed by atoms with van der Waals surface area (Å²) in [6, 6.07) is 10.2. The van der Waals surface area contributed by atoms with Gasteiger partial charge in [0, 0.05) is 31.9 Å². The molecule has 6 nitrogen and oxygen atoms in total. The molecule has 0 aromatic heterocycles.